The molecule has 0 aliphatic carbocycles. The van der Waals surface area contributed by atoms with Gasteiger partial charge in [0.05, 0.1) is 6.61 Å². The Bertz CT molecular complexity index is 450. The summed E-state index contributed by atoms with van der Waals surface area (Å²) in [5, 5.41) is 8.94. The van der Waals surface area contributed by atoms with E-state index in [-0.39, 0.29) is 12.5 Å². The minimum absolute atomic E-state index is 0.120. The fourth-order valence-electron chi connectivity index (χ4n) is 2.69. The lowest BCUT2D eigenvalue weighted by Gasteiger charge is -2.34. The van der Waals surface area contributed by atoms with Crippen molar-refractivity contribution in [2.75, 3.05) is 39.3 Å². The molecule has 1 aliphatic heterocycles. The molecule has 21 heavy (non-hydrogen) atoms. The third-order valence-electron chi connectivity index (χ3n) is 4.41. The lowest BCUT2D eigenvalue weighted by Crippen LogP contribution is -2.49. The average Bonchev–Trinajstić information content (AvgIpc) is 2.54. The van der Waals surface area contributed by atoms with Gasteiger partial charge in [-0.3, -0.25) is 9.69 Å². The second kappa shape index (κ2) is 7.57. The Labute approximate surface area is 127 Å². The Morgan fingerprint density at radius 3 is 2.33 bits per heavy atom. The molecule has 0 spiro atoms. The minimum atomic E-state index is 0.120. The largest absolute Gasteiger partial charge is 0.395 e. The summed E-state index contributed by atoms with van der Waals surface area (Å²) in [4.78, 5) is 16.6. The van der Waals surface area contributed by atoms with E-state index < -0.39 is 0 Å². The van der Waals surface area contributed by atoms with E-state index in [1.54, 1.807) is 0 Å². The van der Waals surface area contributed by atoms with Crippen molar-refractivity contribution in [3.8, 4) is 0 Å². The molecule has 4 nitrogen and oxygen atoms in total. The molecule has 1 aromatic rings. The standard InChI is InChI=1S/C17H26N2O2/c1-3-14(2)15-4-6-16(7-5-15)17(21)19-10-8-18(9-11-19)12-13-20/h4-7,14,20H,3,8-13H2,1-2H3. The lowest BCUT2D eigenvalue weighted by atomic mass is 9.97. The van der Waals surface area contributed by atoms with Gasteiger partial charge in [-0.05, 0) is 30.0 Å². The summed E-state index contributed by atoms with van der Waals surface area (Å²) in [5.41, 5.74) is 2.07. The van der Waals surface area contributed by atoms with Crippen molar-refractivity contribution in [3.63, 3.8) is 0 Å². The van der Waals surface area contributed by atoms with E-state index in [9.17, 15) is 4.79 Å². The van der Waals surface area contributed by atoms with Gasteiger partial charge >= 0.3 is 0 Å². The summed E-state index contributed by atoms with van der Waals surface area (Å²) in [6, 6.07) is 8.04. The summed E-state index contributed by atoms with van der Waals surface area (Å²) < 4.78 is 0. The fraction of sp³-hybridized carbons (Fsp3) is 0.588. The molecule has 1 aromatic carbocycles. The van der Waals surface area contributed by atoms with Crippen LogP contribution < -0.4 is 0 Å². The summed E-state index contributed by atoms with van der Waals surface area (Å²) >= 11 is 0. The van der Waals surface area contributed by atoms with Crippen LogP contribution in [0.3, 0.4) is 0 Å². The van der Waals surface area contributed by atoms with Crippen LogP contribution in [0, 0.1) is 0 Å². The summed E-state index contributed by atoms with van der Waals surface area (Å²) in [6.07, 6.45) is 1.11. The van der Waals surface area contributed by atoms with Crippen LogP contribution in [0.15, 0.2) is 24.3 Å². The van der Waals surface area contributed by atoms with E-state index in [1.165, 1.54) is 5.56 Å². The molecule has 116 valence electrons. The van der Waals surface area contributed by atoms with Gasteiger partial charge < -0.3 is 10.0 Å². The lowest BCUT2D eigenvalue weighted by molar-refractivity contribution is 0.0615. The van der Waals surface area contributed by atoms with Crippen molar-refractivity contribution in [3.05, 3.63) is 35.4 Å². The number of β-amino-alcohol motifs (C(OH)–C–C–N with tert-alkyl or cyclic N) is 1. The summed E-state index contributed by atoms with van der Waals surface area (Å²) in [6.45, 7) is 8.44. The Morgan fingerprint density at radius 1 is 1.19 bits per heavy atom. The maximum absolute atomic E-state index is 12.5. The maximum Gasteiger partial charge on any atom is 0.253 e. The highest BCUT2D eigenvalue weighted by Gasteiger charge is 2.21. The molecule has 0 aromatic heterocycles. The molecule has 0 radical (unpaired) electrons. The molecule has 0 bridgehead atoms. The van der Waals surface area contributed by atoms with E-state index in [1.807, 2.05) is 17.0 Å². The van der Waals surface area contributed by atoms with Crippen molar-refractivity contribution in [1.82, 2.24) is 9.80 Å². The van der Waals surface area contributed by atoms with Crippen LogP contribution in [0.5, 0.6) is 0 Å². The zero-order valence-electron chi connectivity index (χ0n) is 13.1. The molecular weight excluding hydrogens is 264 g/mol. The first-order valence-electron chi connectivity index (χ1n) is 7.88. The normalized spacial score (nSPS) is 17.8. The van der Waals surface area contributed by atoms with Gasteiger partial charge in [0.25, 0.3) is 5.91 Å². The maximum atomic E-state index is 12.5. The first kappa shape index (κ1) is 16.0. The Morgan fingerprint density at radius 2 is 1.81 bits per heavy atom. The number of amides is 1. The number of piperazine rings is 1. The number of nitrogens with zero attached hydrogens (tertiary/aromatic N) is 2. The second-order valence-corrected chi connectivity index (χ2v) is 5.79. The highest BCUT2D eigenvalue weighted by molar-refractivity contribution is 5.94. The molecule has 1 heterocycles. The molecule has 0 saturated carbocycles. The van der Waals surface area contributed by atoms with Crippen molar-refractivity contribution < 1.29 is 9.90 Å². The Hall–Kier alpha value is -1.39. The molecule has 1 saturated heterocycles. The van der Waals surface area contributed by atoms with Gasteiger partial charge in [-0.2, -0.15) is 0 Å². The van der Waals surface area contributed by atoms with E-state index in [2.05, 4.69) is 30.9 Å². The van der Waals surface area contributed by atoms with Crippen LogP contribution in [-0.2, 0) is 0 Å². The van der Waals surface area contributed by atoms with Crippen molar-refractivity contribution >= 4 is 5.91 Å². The smallest absolute Gasteiger partial charge is 0.253 e. The third kappa shape index (κ3) is 4.05. The van der Waals surface area contributed by atoms with Crippen LogP contribution >= 0.6 is 0 Å². The van der Waals surface area contributed by atoms with E-state index in [4.69, 9.17) is 5.11 Å². The summed E-state index contributed by atoms with van der Waals surface area (Å²) in [7, 11) is 0. The predicted molar refractivity (Wildman–Crippen MR) is 84.6 cm³/mol. The number of carbonyl (C=O) groups is 1. The highest BCUT2D eigenvalue weighted by Crippen LogP contribution is 2.19. The van der Waals surface area contributed by atoms with Crippen molar-refractivity contribution in [2.45, 2.75) is 26.2 Å². The number of hydrogen-bond donors (Lipinski definition) is 1. The molecule has 1 amide bonds. The Kier molecular flexibility index (Phi) is 5.76. The highest BCUT2D eigenvalue weighted by atomic mass is 16.3. The zero-order chi connectivity index (χ0) is 15.2. The number of carbonyl (C=O) groups excluding carboxylic acids is 1. The monoisotopic (exact) mass is 290 g/mol. The molecule has 1 unspecified atom stereocenters. The van der Waals surface area contributed by atoms with Gasteiger partial charge in [0.1, 0.15) is 0 Å². The number of hydrogen-bond acceptors (Lipinski definition) is 3. The fourth-order valence-corrected chi connectivity index (χ4v) is 2.69. The van der Waals surface area contributed by atoms with Crippen LogP contribution in [0.4, 0.5) is 0 Å². The molecule has 1 fully saturated rings. The predicted octanol–water partition coefficient (Wildman–Crippen LogP) is 1.95. The first-order valence-corrected chi connectivity index (χ1v) is 7.88. The van der Waals surface area contributed by atoms with Crippen LogP contribution in [0.1, 0.15) is 42.1 Å². The SMILES string of the molecule is CCC(C)c1ccc(C(=O)N2CCN(CCO)CC2)cc1. The number of rotatable bonds is 5. The molecule has 2 rings (SSSR count). The van der Waals surface area contributed by atoms with Crippen LogP contribution in [-0.4, -0.2) is 60.1 Å². The summed E-state index contributed by atoms with van der Waals surface area (Å²) in [5.74, 6) is 0.658. The topological polar surface area (TPSA) is 43.8 Å². The van der Waals surface area contributed by atoms with E-state index >= 15 is 0 Å². The van der Waals surface area contributed by atoms with Gasteiger partial charge in [-0.15, -0.1) is 0 Å². The van der Waals surface area contributed by atoms with Crippen LogP contribution in [0.25, 0.3) is 0 Å². The van der Waals surface area contributed by atoms with Gasteiger partial charge in [0, 0.05) is 38.3 Å². The van der Waals surface area contributed by atoms with E-state index in [0.717, 1.165) is 38.2 Å². The molecule has 1 atom stereocenters. The first-order chi connectivity index (χ1) is 10.2. The zero-order valence-corrected chi connectivity index (χ0v) is 13.1. The van der Waals surface area contributed by atoms with Gasteiger partial charge in [0.2, 0.25) is 0 Å². The second-order valence-electron chi connectivity index (χ2n) is 5.79. The van der Waals surface area contributed by atoms with Gasteiger partial charge in [0.15, 0.2) is 0 Å². The van der Waals surface area contributed by atoms with E-state index in [0.29, 0.717) is 12.5 Å². The molecule has 1 aliphatic rings. The van der Waals surface area contributed by atoms with Crippen molar-refractivity contribution in [2.24, 2.45) is 0 Å². The molecule has 4 heteroatoms. The van der Waals surface area contributed by atoms with Gasteiger partial charge in [-0.25, -0.2) is 0 Å². The minimum Gasteiger partial charge on any atom is -0.395 e. The number of benzene rings is 1. The van der Waals surface area contributed by atoms with Gasteiger partial charge in [-0.1, -0.05) is 26.0 Å². The van der Waals surface area contributed by atoms with Crippen LogP contribution in [0.2, 0.25) is 0 Å². The molecular formula is C17H26N2O2. The third-order valence-corrected chi connectivity index (χ3v) is 4.41. The number of aliphatic hydroxyl groups excluding tert-OH is 1. The quantitative estimate of drug-likeness (QED) is 0.901. The Balaban J connectivity index is 1.94. The number of aliphatic hydroxyl groups is 1. The van der Waals surface area contributed by atoms with Crippen molar-refractivity contribution in [1.29, 1.82) is 0 Å². The average molecular weight is 290 g/mol. The molecule has 1 N–H and O–H groups in total.